The summed E-state index contributed by atoms with van der Waals surface area (Å²) in [6.07, 6.45) is 13.2. The summed E-state index contributed by atoms with van der Waals surface area (Å²) in [6, 6.07) is 0.376. The predicted octanol–water partition coefficient (Wildman–Crippen LogP) is 3.56. The highest BCUT2D eigenvalue weighted by Gasteiger charge is 2.36. The van der Waals surface area contributed by atoms with Gasteiger partial charge in [-0.2, -0.15) is 0 Å². The van der Waals surface area contributed by atoms with Gasteiger partial charge in [-0.1, -0.05) is 31.2 Å². The second kappa shape index (κ2) is 9.24. The Balaban J connectivity index is 1.51. The van der Waals surface area contributed by atoms with Crippen molar-refractivity contribution < 1.29 is 0 Å². The number of hydrogen-bond donors (Lipinski definition) is 3. The molecule has 1 aromatic rings. The molecule has 0 aromatic carbocycles. The smallest absolute Gasteiger partial charge is 0.165 e. The molecule has 1 aliphatic carbocycles. The van der Waals surface area contributed by atoms with Gasteiger partial charge in [-0.25, -0.2) is 4.98 Å². The predicted molar refractivity (Wildman–Crippen MR) is 119 cm³/mol. The van der Waals surface area contributed by atoms with Gasteiger partial charge in [0.2, 0.25) is 0 Å². The average Bonchev–Trinajstić information content (AvgIpc) is 3.40. The summed E-state index contributed by atoms with van der Waals surface area (Å²) >= 11 is 3.56. The van der Waals surface area contributed by atoms with Crippen LogP contribution in [0.25, 0.3) is 0 Å². The van der Waals surface area contributed by atoms with Crippen LogP contribution in [0.4, 0.5) is 0 Å². The number of nitrogens with one attached hydrogen (secondary N) is 3. The highest BCUT2D eigenvalue weighted by atomic mass is 32.2. The third-order valence-electron chi connectivity index (χ3n) is 5.48. The van der Waals surface area contributed by atoms with Crippen molar-refractivity contribution in [1.82, 2.24) is 19.9 Å². The lowest BCUT2D eigenvalue weighted by molar-refractivity contribution is 0.509. The molecule has 0 radical (unpaired) electrons. The first kappa shape index (κ1) is 19.7. The third-order valence-corrected chi connectivity index (χ3v) is 7.52. The molecule has 3 heterocycles. The highest BCUT2D eigenvalue weighted by molar-refractivity contribution is 7.98. The van der Waals surface area contributed by atoms with E-state index >= 15 is 0 Å². The molecule has 1 atom stereocenters. The molecular weight excluding hydrogens is 388 g/mol. The van der Waals surface area contributed by atoms with Gasteiger partial charge >= 0.3 is 0 Å². The van der Waals surface area contributed by atoms with Crippen molar-refractivity contribution in [2.45, 2.75) is 49.8 Å². The maximum Gasteiger partial charge on any atom is 0.165 e. The van der Waals surface area contributed by atoms with Crippen molar-refractivity contribution in [1.29, 1.82) is 5.41 Å². The van der Waals surface area contributed by atoms with Gasteiger partial charge in [0.15, 0.2) is 10.8 Å². The van der Waals surface area contributed by atoms with E-state index in [-0.39, 0.29) is 0 Å². The van der Waals surface area contributed by atoms with E-state index in [9.17, 15) is 0 Å². The molecule has 1 saturated heterocycles. The Hall–Kier alpha value is -1.64. The van der Waals surface area contributed by atoms with E-state index in [0.717, 1.165) is 34.6 Å². The Kier molecular flexibility index (Phi) is 6.49. The summed E-state index contributed by atoms with van der Waals surface area (Å²) < 4.78 is 3.74. The lowest BCUT2D eigenvalue weighted by atomic mass is 10.0. The largest absolute Gasteiger partial charge is 0.394 e. The van der Waals surface area contributed by atoms with Crippen molar-refractivity contribution >= 4 is 34.8 Å². The topological polar surface area (TPSA) is 76.4 Å². The van der Waals surface area contributed by atoms with Gasteiger partial charge in [-0.15, -0.1) is 11.3 Å². The maximum atomic E-state index is 8.49. The van der Waals surface area contributed by atoms with Gasteiger partial charge < -0.3 is 15.6 Å². The molecule has 0 spiro atoms. The molecule has 0 bridgehead atoms. The van der Waals surface area contributed by atoms with Crippen molar-refractivity contribution in [3.05, 3.63) is 40.1 Å². The Bertz CT molecular complexity index is 777. The van der Waals surface area contributed by atoms with Crippen LogP contribution in [-0.2, 0) is 0 Å². The number of nitrogens with zero attached hydrogens (tertiary/aromatic N) is 3. The fraction of sp³-hybridized carbons (Fsp3) is 0.550. The molecule has 150 valence electrons. The molecular formula is C20H28N6S2. The summed E-state index contributed by atoms with van der Waals surface area (Å²) in [5, 5.41) is 15.2. The van der Waals surface area contributed by atoms with Crippen LogP contribution in [0.15, 0.2) is 40.1 Å². The fourth-order valence-electron chi connectivity index (χ4n) is 4.05. The van der Waals surface area contributed by atoms with E-state index in [1.54, 1.807) is 11.3 Å². The monoisotopic (exact) mass is 416 g/mol. The number of fused-ring (bicyclic) bond motifs is 1. The van der Waals surface area contributed by atoms with E-state index in [1.807, 2.05) is 42.8 Å². The molecule has 4 rings (SSSR count). The second-order valence-corrected chi connectivity index (χ2v) is 9.48. The summed E-state index contributed by atoms with van der Waals surface area (Å²) in [4.78, 5) is 11.6. The minimum atomic E-state index is 0.376. The molecule has 28 heavy (non-hydrogen) atoms. The number of rotatable bonds is 7. The number of aromatic nitrogens is 1. The van der Waals surface area contributed by atoms with Crippen LogP contribution >= 0.6 is 23.3 Å². The summed E-state index contributed by atoms with van der Waals surface area (Å²) in [5.74, 6) is 0.964. The van der Waals surface area contributed by atoms with Crippen LogP contribution in [0.1, 0.15) is 43.5 Å². The number of amidine groups is 1. The van der Waals surface area contributed by atoms with E-state index in [1.165, 1.54) is 37.8 Å². The van der Waals surface area contributed by atoms with Crippen molar-refractivity contribution in [2.24, 2.45) is 4.99 Å². The van der Waals surface area contributed by atoms with Crippen LogP contribution in [0.2, 0.25) is 0 Å². The standard InChI is InChI=1S/C20H28N6S2/c1-22-8-7-17(21)16-12-24-19(20-23-9-10-27-20)26-13-14(11-18(16)26)25-28-15-5-3-2-4-6-15/h7-10,14-15,21-22,25H,2-6,11-13H2,1H3/b8-7-,21-17?. The first-order chi connectivity index (χ1) is 13.8. The van der Waals surface area contributed by atoms with Crippen LogP contribution in [0, 0.1) is 5.41 Å². The van der Waals surface area contributed by atoms with Crippen molar-refractivity contribution in [2.75, 3.05) is 20.1 Å². The van der Waals surface area contributed by atoms with Crippen molar-refractivity contribution in [3.8, 4) is 0 Å². The summed E-state index contributed by atoms with van der Waals surface area (Å²) in [5.41, 5.74) is 2.79. The number of hydrogen-bond acceptors (Lipinski definition) is 8. The van der Waals surface area contributed by atoms with Crippen LogP contribution in [-0.4, -0.2) is 52.9 Å². The molecule has 3 aliphatic rings. The Morgan fingerprint density at radius 1 is 1.36 bits per heavy atom. The Morgan fingerprint density at radius 3 is 2.96 bits per heavy atom. The quantitative estimate of drug-likeness (QED) is 0.468. The zero-order valence-electron chi connectivity index (χ0n) is 16.3. The minimum absolute atomic E-state index is 0.376. The second-order valence-electron chi connectivity index (χ2n) is 7.45. The van der Waals surface area contributed by atoms with Crippen LogP contribution in [0.3, 0.4) is 0 Å². The molecule has 3 N–H and O–H groups in total. The van der Waals surface area contributed by atoms with Crippen LogP contribution in [0.5, 0.6) is 0 Å². The first-order valence-electron chi connectivity index (χ1n) is 10.0. The van der Waals surface area contributed by atoms with Gasteiger partial charge in [-0.05, 0) is 25.1 Å². The molecule has 2 aliphatic heterocycles. The van der Waals surface area contributed by atoms with E-state index in [2.05, 4.69) is 19.9 Å². The summed E-state index contributed by atoms with van der Waals surface area (Å²) in [7, 11) is 1.85. The highest BCUT2D eigenvalue weighted by Crippen LogP contribution is 2.34. The lowest BCUT2D eigenvalue weighted by Gasteiger charge is -2.27. The van der Waals surface area contributed by atoms with Crippen molar-refractivity contribution in [3.63, 3.8) is 0 Å². The SMILES string of the molecule is CN/C=C\C(=N)C1=C2CC(NSC3CCCCC3)CN2C(c2nccs2)=NC1. The van der Waals surface area contributed by atoms with Crippen LogP contribution < -0.4 is 10.0 Å². The van der Waals surface area contributed by atoms with Gasteiger partial charge in [-0.3, -0.25) is 9.71 Å². The molecule has 8 heteroatoms. The molecule has 1 saturated carbocycles. The normalized spacial score (nSPS) is 23.2. The van der Waals surface area contributed by atoms with E-state index in [4.69, 9.17) is 10.4 Å². The minimum Gasteiger partial charge on any atom is -0.394 e. The average molecular weight is 417 g/mol. The van der Waals surface area contributed by atoms with Gasteiger partial charge in [0.05, 0.1) is 12.3 Å². The maximum absolute atomic E-state index is 8.49. The van der Waals surface area contributed by atoms with Gasteiger partial charge in [0, 0.05) is 54.2 Å². The summed E-state index contributed by atoms with van der Waals surface area (Å²) in [6.45, 7) is 1.44. The third kappa shape index (κ3) is 4.34. The van der Waals surface area contributed by atoms with Gasteiger partial charge in [0.25, 0.3) is 0 Å². The lowest BCUT2D eigenvalue weighted by Crippen LogP contribution is -2.36. The Labute approximate surface area is 175 Å². The van der Waals surface area contributed by atoms with Gasteiger partial charge in [0.1, 0.15) is 0 Å². The fourth-order valence-corrected chi connectivity index (χ4v) is 5.81. The zero-order chi connectivity index (χ0) is 19.3. The molecule has 6 nitrogen and oxygen atoms in total. The molecule has 1 unspecified atom stereocenters. The number of thiazole rings is 1. The first-order valence-corrected chi connectivity index (χ1v) is 11.8. The number of allylic oxidation sites excluding steroid dienone is 1. The number of aliphatic imine (C=N–C) groups is 1. The molecule has 2 fully saturated rings. The molecule has 0 amide bonds. The Morgan fingerprint density at radius 2 is 2.21 bits per heavy atom. The van der Waals surface area contributed by atoms with E-state index in [0.29, 0.717) is 18.3 Å². The van der Waals surface area contributed by atoms with E-state index < -0.39 is 0 Å². The molecule has 1 aromatic heterocycles. The zero-order valence-corrected chi connectivity index (χ0v) is 17.9.